The van der Waals surface area contributed by atoms with Gasteiger partial charge in [-0.25, -0.2) is 4.79 Å². The number of carbonyl (C=O) groups excluding carboxylic acids is 2. The quantitative estimate of drug-likeness (QED) is 0.714. The highest BCUT2D eigenvalue weighted by atomic mass is 16.5. The standard InChI is InChI=1S/C22H25N3O5/c1-3-28-22(27)19-14(2)30-21(24)17(12-23)20(19)15-6-8-16(9-7-15)29-13-18(26)25-10-4-5-11-25/h6-9,20H,3-5,10-11,13,24H2,1-2H3. The number of esters is 1. The van der Waals surface area contributed by atoms with Crippen LogP contribution in [0.3, 0.4) is 0 Å². The summed E-state index contributed by atoms with van der Waals surface area (Å²) in [6.45, 7) is 5.04. The normalized spacial score (nSPS) is 18.7. The molecule has 30 heavy (non-hydrogen) atoms. The molecule has 0 spiro atoms. The first-order chi connectivity index (χ1) is 14.5. The molecule has 3 rings (SSSR count). The van der Waals surface area contributed by atoms with Gasteiger partial charge >= 0.3 is 5.97 Å². The van der Waals surface area contributed by atoms with Gasteiger partial charge in [0.1, 0.15) is 23.2 Å². The van der Waals surface area contributed by atoms with Crippen LogP contribution in [0, 0.1) is 11.3 Å². The minimum atomic E-state index is -0.705. The second-order valence-electron chi connectivity index (χ2n) is 7.06. The van der Waals surface area contributed by atoms with Gasteiger partial charge in [0.15, 0.2) is 6.61 Å². The SMILES string of the molecule is CCOC(=O)C1=C(C)OC(N)=C(C#N)C1c1ccc(OCC(=O)N2CCCC2)cc1. The Hall–Kier alpha value is -3.47. The maximum atomic E-state index is 12.5. The number of nitriles is 1. The molecule has 0 bridgehead atoms. The lowest BCUT2D eigenvalue weighted by Crippen LogP contribution is -2.32. The summed E-state index contributed by atoms with van der Waals surface area (Å²) < 4.78 is 16.2. The van der Waals surface area contributed by atoms with E-state index in [1.54, 1.807) is 43.0 Å². The summed E-state index contributed by atoms with van der Waals surface area (Å²) in [5.74, 6) is -0.519. The van der Waals surface area contributed by atoms with Crippen LogP contribution in [0.2, 0.25) is 0 Å². The van der Waals surface area contributed by atoms with Crippen molar-refractivity contribution in [3.63, 3.8) is 0 Å². The summed E-state index contributed by atoms with van der Waals surface area (Å²) >= 11 is 0. The third-order valence-electron chi connectivity index (χ3n) is 5.14. The molecule has 1 amide bonds. The van der Waals surface area contributed by atoms with Crippen LogP contribution in [-0.2, 0) is 19.1 Å². The number of carbonyl (C=O) groups is 2. The molecule has 8 nitrogen and oxygen atoms in total. The Morgan fingerprint density at radius 2 is 1.93 bits per heavy atom. The number of amides is 1. The van der Waals surface area contributed by atoms with Crippen LogP contribution in [-0.4, -0.2) is 43.1 Å². The fourth-order valence-corrected chi connectivity index (χ4v) is 3.65. The van der Waals surface area contributed by atoms with Gasteiger partial charge in [0.2, 0.25) is 5.88 Å². The maximum Gasteiger partial charge on any atom is 0.338 e. The van der Waals surface area contributed by atoms with Crippen molar-refractivity contribution in [2.45, 2.75) is 32.6 Å². The number of nitrogens with two attached hydrogens (primary N) is 1. The van der Waals surface area contributed by atoms with Crippen molar-refractivity contribution in [3.05, 3.63) is 52.6 Å². The first kappa shape index (κ1) is 21.2. The number of benzene rings is 1. The molecule has 1 atom stereocenters. The fraction of sp³-hybridized carbons (Fsp3) is 0.409. The van der Waals surface area contributed by atoms with Crippen molar-refractivity contribution >= 4 is 11.9 Å². The summed E-state index contributed by atoms with van der Waals surface area (Å²) in [5.41, 5.74) is 6.94. The number of nitrogens with zero attached hydrogens (tertiary/aromatic N) is 2. The molecule has 1 saturated heterocycles. The van der Waals surface area contributed by atoms with Gasteiger partial charge in [0.25, 0.3) is 5.91 Å². The topological polar surface area (TPSA) is 115 Å². The largest absolute Gasteiger partial charge is 0.484 e. The van der Waals surface area contributed by atoms with Crippen molar-refractivity contribution in [1.82, 2.24) is 4.90 Å². The smallest absolute Gasteiger partial charge is 0.338 e. The van der Waals surface area contributed by atoms with Gasteiger partial charge in [-0.3, -0.25) is 4.79 Å². The second-order valence-corrected chi connectivity index (χ2v) is 7.06. The lowest BCUT2D eigenvalue weighted by molar-refractivity contribution is -0.139. The number of hydrogen-bond acceptors (Lipinski definition) is 7. The number of ether oxygens (including phenoxy) is 3. The Kier molecular flexibility index (Phi) is 6.62. The Balaban J connectivity index is 1.80. The van der Waals surface area contributed by atoms with E-state index in [1.807, 2.05) is 6.07 Å². The molecule has 1 aromatic rings. The minimum Gasteiger partial charge on any atom is -0.484 e. The van der Waals surface area contributed by atoms with Crippen LogP contribution in [0.25, 0.3) is 0 Å². The van der Waals surface area contributed by atoms with E-state index in [0.29, 0.717) is 17.1 Å². The summed E-state index contributed by atoms with van der Waals surface area (Å²) in [5, 5.41) is 9.60. The highest BCUT2D eigenvalue weighted by Crippen LogP contribution is 2.39. The van der Waals surface area contributed by atoms with Crippen molar-refractivity contribution < 1.29 is 23.8 Å². The second kappa shape index (κ2) is 9.35. The van der Waals surface area contributed by atoms with E-state index in [9.17, 15) is 14.9 Å². The number of allylic oxidation sites excluding steroid dienone is 2. The zero-order valence-corrected chi connectivity index (χ0v) is 17.1. The van der Waals surface area contributed by atoms with Gasteiger partial charge in [0, 0.05) is 13.1 Å². The molecule has 0 saturated carbocycles. The average molecular weight is 411 g/mol. The van der Waals surface area contributed by atoms with Gasteiger partial charge in [0.05, 0.1) is 18.1 Å². The number of likely N-dealkylation sites (tertiary alicyclic amines) is 1. The molecule has 2 N–H and O–H groups in total. The monoisotopic (exact) mass is 411 g/mol. The Bertz CT molecular complexity index is 921. The lowest BCUT2D eigenvalue weighted by atomic mass is 9.83. The van der Waals surface area contributed by atoms with E-state index in [-0.39, 0.29) is 36.2 Å². The maximum absolute atomic E-state index is 12.5. The molecule has 2 aliphatic rings. The van der Waals surface area contributed by atoms with Crippen LogP contribution >= 0.6 is 0 Å². The average Bonchev–Trinajstić information content (AvgIpc) is 3.27. The van der Waals surface area contributed by atoms with E-state index in [0.717, 1.165) is 25.9 Å². The highest BCUT2D eigenvalue weighted by molar-refractivity contribution is 5.92. The zero-order chi connectivity index (χ0) is 21.7. The number of hydrogen-bond donors (Lipinski definition) is 1. The Labute approximate surface area is 175 Å². The molecule has 0 aliphatic carbocycles. The summed E-state index contributed by atoms with van der Waals surface area (Å²) in [4.78, 5) is 26.5. The predicted molar refractivity (Wildman–Crippen MR) is 108 cm³/mol. The molecule has 1 unspecified atom stereocenters. The highest BCUT2D eigenvalue weighted by Gasteiger charge is 2.36. The van der Waals surface area contributed by atoms with Gasteiger partial charge in [-0.15, -0.1) is 0 Å². The van der Waals surface area contributed by atoms with Crippen LogP contribution < -0.4 is 10.5 Å². The van der Waals surface area contributed by atoms with Crippen molar-refractivity contribution in [2.24, 2.45) is 5.73 Å². The van der Waals surface area contributed by atoms with Gasteiger partial charge in [-0.1, -0.05) is 12.1 Å². The number of rotatable bonds is 6. The molecular formula is C22H25N3O5. The van der Waals surface area contributed by atoms with Gasteiger partial charge in [-0.2, -0.15) is 5.26 Å². The molecule has 1 aromatic carbocycles. The van der Waals surface area contributed by atoms with E-state index in [4.69, 9.17) is 19.9 Å². The van der Waals surface area contributed by atoms with Crippen LogP contribution in [0.15, 0.2) is 47.1 Å². The summed E-state index contributed by atoms with van der Waals surface area (Å²) in [6, 6.07) is 8.92. The molecule has 2 heterocycles. The molecule has 158 valence electrons. The first-order valence-corrected chi connectivity index (χ1v) is 9.92. The molecule has 0 aromatic heterocycles. The van der Waals surface area contributed by atoms with E-state index in [2.05, 4.69) is 0 Å². The Morgan fingerprint density at radius 3 is 2.53 bits per heavy atom. The molecule has 1 fully saturated rings. The van der Waals surface area contributed by atoms with E-state index < -0.39 is 11.9 Å². The Morgan fingerprint density at radius 1 is 1.27 bits per heavy atom. The minimum absolute atomic E-state index is 0.0278. The molecular weight excluding hydrogens is 386 g/mol. The first-order valence-electron chi connectivity index (χ1n) is 9.92. The van der Waals surface area contributed by atoms with Crippen molar-refractivity contribution in [2.75, 3.05) is 26.3 Å². The zero-order valence-electron chi connectivity index (χ0n) is 17.1. The van der Waals surface area contributed by atoms with E-state index in [1.165, 1.54) is 0 Å². The lowest BCUT2D eigenvalue weighted by Gasteiger charge is -2.27. The van der Waals surface area contributed by atoms with Crippen molar-refractivity contribution in [3.8, 4) is 11.8 Å². The predicted octanol–water partition coefficient (Wildman–Crippen LogP) is 2.33. The van der Waals surface area contributed by atoms with E-state index >= 15 is 0 Å². The van der Waals surface area contributed by atoms with Crippen LogP contribution in [0.1, 0.15) is 38.2 Å². The third-order valence-corrected chi connectivity index (χ3v) is 5.14. The van der Waals surface area contributed by atoms with Gasteiger partial charge in [-0.05, 0) is 44.4 Å². The molecule has 2 aliphatic heterocycles. The fourth-order valence-electron chi connectivity index (χ4n) is 3.65. The van der Waals surface area contributed by atoms with Crippen LogP contribution in [0.4, 0.5) is 0 Å². The summed E-state index contributed by atoms with van der Waals surface area (Å²) in [6.07, 6.45) is 2.05. The summed E-state index contributed by atoms with van der Waals surface area (Å²) in [7, 11) is 0. The van der Waals surface area contributed by atoms with Crippen LogP contribution in [0.5, 0.6) is 5.75 Å². The molecule has 0 radical (unpaired) electrons. The van der Waals surface area contributed by atoms with Crippen molar-refractivity contribution in [1.29, 1.82) is 5.26 Å². The molecule has 8 heteroatoms. The third kappa shape index (κ3) is 4.40. The van der Waals surface area contributed by atoms with Gasteiger partial charge < -0.3 is 24.8 Å².